The zero-order valence-corrected chi connectivity index (χ0v) is 12.8. The number of hydrogen-bond acceptors (Lipinski definition) is 3. The van der Waals surface area contributed by atoms with E-state index in [-0.39, 0.29) is 5.82 Å². The van der Waals surface area contributed by atoms with E-state index in [1.807, 2.05) is 6.92 Å². The Hall–Kier alpha value is -1.29. The monoisotopic (exact) mass is 281 g/mol. The van der Waals surface area contributed by atoms with Crippen molar-refractivity contribution in [2.45, 2.75) is 33.1 Å². The molecule has 0 atom stereocenters. The minimum atomic E-state index is -0.174. The topological polar surface area (TPSA) is 30.5 Å². The summed E-state index contributed by atoms with van der Waals surface area (Å²) in [6.07, 6.45) is 3.10. The van der Waals surface area contributed by atoms with E-state index in [0.717, 1.165) is 37.9 Å². The number of ether oxygens (including phenoxy) is 2. The molecule has 1 aliphatic rings. The molecule has 0 saturated carbocycles. The quantitative estimate of drug-likeness (QED) is 0.920. The van der Waals surface area contributed by atoms with Crippen molar-refractivity contribution in [3.63, 3.8) is 0 Å². The van der Waals surface area contributed by atoms with Gasteiger partial charge in [-0.15, -0.1) is 0 Å². The molecule has 3 nitrogen and oxygen atoms in total. The van der Waals surface area contributed by atoms with Gasteiger partial charge in [-0.2, -0.15) is 0 Å². The van der Waals surface area contributed by atoms with Crippen molar-refractivity contribution in [1.82, 2.24) is 5.32 Å². The highest BCUT2D eigenvalue weighted by Gasteiger charge is 2.24. The van der Waals surface area contributed by atoms with Crippen molar-refractivity contribution in [3.8, 4) is 11.5 Å². The van der Waals surface area contributed by atoms with E-state index in [1.54, 1.807) is 21.1 Å². The Morgan fingerprint density at radius 3 is 2.20 bits per heavy atom. The van der Waals surface area contributed by atoms with Crippen molar-refractivity contribution in [2.24, 2.45) is 5.92 Å². The smallest absolute Gasteiger partial charge is 0.166 e. The molecule has 4 heteroatoms. The fourth-order valence-electron chi connectivity index (χ4n) is 3.07. The van der Waals surface area contributed by atoms with Crippen LogP contribution in [0.15, 0.2) is 0 Å². The number of hydrogen-bond donors (Lipinski definition) is 1. The first kappa shape index (κ1) is 15.1. The van der Waals surface area contributed by atoms with E-state index < -0.39 is 0 Å². The van der Waals surface area contributed by atoms with Crippen LogP contribution in [-0.4, -0.2) is 27.3 Å². The van der Waals surface area contributed by atoms with Gasteiger partial charge in [0, 0.05) is 11.1 Å². The lowest BCUT2D eigenvalue weighted by molar-refractivity contribution is 0.333. The molecule has 0 aliphatic carbocycles. The molecular weight excluding hydrogens is 257 g/mol. The highest BCUT2D eigenvalue weighted by molar-refractivity contribution is 5.56. The van der Waals surface area contributed by atoms with E-state index in [4.69, 9.17) is 9.47 Å². The van der Waals surface area contributed by atoms with Crippen LogP contribution in [0.2, 0.25) is 0 Å². The van der Waals surface area contributed by atoms with Gasteiger partial charge in [-0.05, 0) is 57.7 Å². The summed E-state index contributed by atoms with van der Waals surface area (Å²) in [6, 6.07) is 0. The fourth-order valence-corrected chi connectivity index (χ4v) is 3.07. The third-order valence-electron chi connectivity index (χ3n) is 4.29. The van der Waals surface area contributed by atoms with E-state index in [1.165, 1.54) is 0 Å². The van der Waals surface area contributed by atoms with Gasteiger partial charge >= 0.3 is 0 Å². The first-order valence-electron chi connectivity index (χ1n) is 7.20. The van der Waals surface area contributed by atoms with Crippen LogP contribution >= 0.6 is 0 Å². The van der Waals surface area contributed by atoms with Crippen LogP contribution in [-0.2, 0) is 6.42 Å². The van der Waals surface area contributed by atoms with Gasteiger partial charge in [0.2, 0.25) is 0 Å². The third-order valence-corrected chi connectivity index (χ3v) is 4.29. The van der Waals surface area contributed by atoms with Crippen LogP contribution in [0.25, 0.3) is 0 Å². The lowest BCUT2D eigenvalue weighted by Gasteiger charge is -2.25. The van der Waals surface area contributed by atoms with Crippen molar-refractivity contribution in [3.05, 3.63) is 22.5 Å². The average Bonchev–Trinajstić information content (AvgIpc) is 2.48. The molecule has 1 aromatic carbocycles. The minimum absolute atomic E-state index is 0.174. The van der Waals surface area contributed by atoms with E-state index in [2.05, 4.69) is 5.32 Å². The molecule has 1 N–H and O–H groups in total. The highest BCUT2D eigenvalue weighted by atomic mass is 19.1. The maximum absolute atomic E-state index is 14.4. The molecule has 0 radical (unpaired) electrons. The number of benzene rings is 1. The molecule has 1 saturated heterocycles. The van der Waals surface area contributed by atoms with Crippen LogP contribution in [0.1, 0.15) is 29.5 Å². The Morgan fingerprint density at radius 2 is 1.65 bits per heavy atom. The van der Waals surface area contributed by atoms with Gasteiger partial charge in [0.05, 0.1) is 14.2 Å². The van der Waals surface area contributed by atoms with Crippen molar-refractivity contribution in [1.29, 1.82) is 0 Å². The van der Waals surface area contributed by atoms with Gasteiger partial charge in [0.1, 0.15) is 5.82 Å². The molecule has 20 heavy (non-hydrogen) atoms. The maximum Gasteiger partial charge on any atom is 0.166 e. The molecule has 1 aromatic rings. The summed E-state index contributed by atoms with van der Waals surface area (Å²) < 4.78 is 25.2. The molecule has 0 bridgehead atoms. The second-order valence-corrected chi connectivity index (χ2v) is 5.51. The largest absolute Gasteiger partial charge is 0.493 e. The molecular formula is C16H24FNO2. The third kappa shape index (κ3) is 2.75. The SMILES string of the molecule is COc1c(C)c(F)c(C)c(CC2CCNCC2)c1OC. The minimum Gasteiger partial charge on any atom is -0.493 e. The van der Waals surface area contributed by atoms with Gasteiger partial charge in [0.25, 0.3) is 0 Å². The Kier molecular flexibility index (Phi) is 4.86. The second kappa shape index (κ2) is 6.44. The van der Waals surface area contributed by atoms with Gasteiger partial charge < -0.3 is 14.8 Å². The van der Waals surface area contributed by atoms with Crippen LogP contribution < -0.4 is 14.8 Å². The normalized spacial score (nSPS) is 16.2. The number of rotatable bonds is 4. The van der Waals surface area contributed by atoms with E-state index in [0.29, 0.717) is 28.5 Å². The predicted molar refractivity (Wildman–Crippen MR) is 78.3 cm³/mol. The van der Waals surface area contributed by atoms with Crippen molar-refractivity contribution < 1.29 is 13.9 Å². The van der Waals surface area contributed by atoms with Crippen LogP contribution in [0, 0.1) is 25.6 Å². The van der Waals surface area contributed by atoms with Gasteiger partial charge in [0.15, 0.2) is 11.5 Å². The molecule has 0 amide bonds. The summed E-state index contributed by atoms with van der Waals surface area (Å²) in [7, 11) is 3.19. The van der Waals surface area contributed by atoms with Crippen molar-refractivity contribution >= 4 is 0 Å². The number of halogens is 1. The number of nitrogens with one attached hydrogen (secondary N) is 1. The molecule has 0 spiro atoms. The number of piperidine rings is 1. The first-order valence-corrected chi connectivity index (χ1v) is 7.20. The van der Waals surface area contributed by atoms with Crippen LogP contribution in [0.5, 0.6) is 11.5 Å². The van der Waals surface area contributed by atoms with Crippen LogP contribution in [0.3, 0.4) is 0 Å². The summed E-state index contributed by atoms with van der Waals surface area (Å²) in [6.45, 7) is 5.65. The van der Waals surface area contributed by atoms with E-state index in [9.17, 15) is 4.39 Å². The van der Waals surface area contributed by atoms with E-state index >= 15 is 0 Å². The number of methoxy groups -OCH3 is 2. The molecule has 2 rings (SSSR count). The summed E-state index contributed by atoms with van der Waals surface area (Å²) in [5.74, 6) is 1.63. The Labute approximate surface area is 120 Å². The van der Waals surface area contributed by atoms with Gasteiger partial charge in [-0.1, -0.05) is 0 Å². The standard InChI is InChI=1S/C16H24FNO2/c1-10-13(9-12-5-7-18-8-6-12)16(20-4)15(19-3)11(2)14(10)17/h12,18H,5-9H2,1-4H3. The second-order valence-electron chi connectivity index (χ2n) is 5.51. The van der Waals surface area contributed by atoms with Crippen LogP contribution in [0.4, 0.5) is 4.39 Å². The maximum atomic E-state index is 14.4. The predicted octanol–water partition coefficient (Wildman–Crippen LogP) is 3.00. The Bertz CT molecular complexity index is 482. The first-order chi connectivity index (χ1) is 9.60. The lowest BCUT2D eigenvalue weighted by Crippen LogP contribution is -2.29. The summed E-state index contributed by atoms with van der Waals surface area (Å²) >= 11 is 0. The zero-order valence-electron chi connectivity index (χ0n) is 12.8. The zero-order chi connectivity index (χ0) is 14.7. The molecule has 1 fully saturated rings. The molecule has 1 aliphatic heterocycles. The molecule has 0 aromatic heterocycles. The van der Waals surface area contributed by atoms with Crippen molar-refractivity contribution in [2.75, 3.05) is 27.3 Å². The van der Waals surface area contributed by atoms with Gasteiger partial charge in [-0.3, -0.25) is 0 Å². The average molecular weight is 281 g/mol. The Balaban J connectivity index is 2.41. The molecule has 1 heterocycles. The Morgan fingerprint density at radius 1 is 1.05 bits per heavy atom. The van der Waals surface area contributed by atoms with Gasteiger partial charge in [-0.25, -0.2) is 4.39 Å². The summed E-state index contributed by atoms with van der Waals surface area (Å²) in [5.41, 5.74) is 2.17. The highest BCUT2D eigenvalue weighted by Crippen LogP contribution is 2.40. The lowest BCUT2D eigenvalue weighted by atomic mass is 9.87. The molecule has 0 unspecified atom stereocenters. The molecule has 112 valence electrons. The fraction of sp³-hybridized carbons (Fsp3) is 0.625. The summed E-state index contributed by atoms with van der Waals surface area (Å²) in [5, 5.41) is 3.36. The summed E-state index contributed by atoms with van der Waals surface area (Å²) in [4.78, 5) is 0.